The molecule has 110 valence electrons. The number of aliphatic hydroxyl groups excluding tert-OH is 1. The number of hydrogen-bond donors (Lipinski definition) is 1. The van der Waals surface area contributed by atoms with Crippen molar-refractivity contribution >= 4 is 0 Å². The summed E-state index contributed by atoms with van der Waals surface area (Å²) < 4.78 is 0. The predicted octanol–water partition coefficient (Wildman–Crippen LogP) is 5.71. The molecular weight excluding hydrogens is 220 g/mol. The molecular formula is C17H36O. The molecule has 0 saturated heterocycles. The van der Waals surface area contributed by atoms with Gasteiger partial charge in [0.15, 0.2) is 0 Å². The van der Waals surface area contributed by atoms with Crippen LogP contribution in [0.5, 0.6) is 0 Å². The third kappa shape index (κ3) is 8.13. The van der Waals surface area contributed by atoms with Gasteiger partial charge in [0.1, 0.15) is 0 Å². The van der Waals surface area contributed by atoms with Crippen LogP contribution in [-0.2, 0) is 0 Å². The van der Waals surface area contributed by atoms with Crippen LogP contribution in [0, 0.1) is 5.41 Å². The third-order valence-electron chi connectivity index (χ3n) is 4.46. The van der Waals surface area contributed by atoms with E-state index in [0.29, 0.717) is 6.61 Å². The van der Waals surface area contributed by atoms with Crippen molar-refractivity contribution in [2.75, 3.05) is 6.61 Å². The maximum Gasteiger partial charge on any atom is 0.0487 e. The quantitative estimate of drug-likeness (QED) is 0.419. The highest BCUT2D eigenvalue weighted by Crippen LogP contribution is 2.34. The molecule has 0 radical (unpaired) electrons. The lowest BCUT2D eigenvalue weighted by atomic mass is 9.76. The Morgan fingerprint density at radius 3 is 1.67 bits per heavy atom. The van der Waals surface area contributed by atoms with Crippen LogP contribution in [0.4, 0.5) is 0 Å². The molecule has 1 heteroatoms. The topological polar surface area (TPSA) is 20.2 Å². The van der Waals surface area contributed by atoms with Gasteiger partial charge in [0, 0.05) is 6.61 Å². The van der Waals surface area contributed by atoms with Crippen LogP contribution in [-0.4, -0.2) is 11.7 Å². The van der Waals surface area contributed by atoms with Crippen molar-refractivity contribution < 1.29 is 5.11 Å². The van der Waals surface area contributed by atoms with E-state index in [2.05, 4.69) is 20.8 Å². The molecule has 1 nitrogen and oxygen atoms in total. The molecule has 0 aliphatic heterocycles. The molecule has 1 N–H and O–H groups in total. The fourth-order valence-corrected chi connectivity index (χ4v) is 2.76. The Kier molecular flexibility index (Phi) is 12.0. The molecule has 0 spiro atoms. The van der Waals surface area contributed by atoms with Crippen molar-refractivity contribution in [3.8, 4) is 0 Å². The third-order valence-corrected chi connectivity index (χ3v) is 4.46. The first kappa shape index (κ1) is 18.0. The molecule has 0 rings (SSSR count). The van der Waals surface area contributed by atoms with Gasteiger partial charge in [0.25, 0.3) is 0 Å². The average molecular weight is 256 g/mol. The molecule has 0 fully saturated rings. The van der Waals surface area contributed by atoms with E-state index in [9.17, 15) is 5.11 Å². The molecule has 18 heavy (non-hydrogen) atoms. The molecule has 1 atom stereocenters. The molecule has 0 saturated carbocycles. The molecule has 0 aromatic heterocycles. The average Bonchev–Trinajstić information content (AvgIpc) is 2.42. The largest absolute Gasteiger partial charge is 0.396 e. The number of aliphatic hydroxyl groups is 1. The second kappa shape index (κ2) is 12.0. The highest BCUT2D eigenvalue weighted by atomic mass is 16.3. The minimum atomic E-state index is 0.236. The first-order chi connectivity index (χ1) is 8.74. The van der Waals surface area contributed by atoms with E-state index in [0.717, 1.165) is 6.42 Å². The molecule has 1 unspecified atom stereocenters. The SMILES string of the molecule is CCCCCCCCCC(CC)(CO)CCCC. The Morgan fingerprint density at radius 2 is 1.17 bits per heavy atom. The Bertz CT molecular complexity index is 161. The number of unbranched alkanes of at least 4 members (excludes halogenated alkanes) is 7. The van der Waals surface area contributed by atoms with Crippen LogP contribution < -0.4 is 0 Å². The summed E-state index contributed by atoms with van der Waals surface area (Å²) in [5, 5.41) is 9.68. The standard InChI is InChI=1S/C17H36O/c1-4-7-9-10-11-12-13-15-17(6-3,16-18)14-8-5-2/h18H,4-16H2,1-3H3. The zero-order valence-electron chi connectivity index (χ0n) is 13.1. The number of rotatable bonds is 13. The summed E-state index contributed by atoms with van der Waals surface area (Å²) in [5.74, 6) is 0. The highest BCUT2D eigenvalue weighted by Gasteiger charge is 2.25. The van der Waals surface area contributed by atoms with Crippen molar-refractivity contribution in [2.45, 2.75) is 97.8 Å². The Labute approximate surface area is 115 Å². The van der Waals surface area contributed by atoms with Crippen molar-refractivity contribution in [1.29, 1.82) is 0 Å². The van der Waals surface area contributed by atoms with E-state index in [1.165, 1.54) is 70.6 Å². The molecule has 0 aromatic rings. The zero-order chi connectivity index (χ0) is 13.7. The normalized spacial score (nSPS) is 14.7. The van der Waals surface area contributed by atoms with Gasteiger partial charge in [-0.05, 0) is 24.7 Å². The predicted molar refractivity (Wildman–Crippen MR) is 81.9 cm³/mol. The number of hydrogen-bond acceptors (Lipinski definition) is 1. The van der Waals surface area contributed by atoms with Gasteiger partial charge >= 0.3 is 0 Å². The molecule has 0 aromatic carbocycles. The van der Waals surface area contributed by atoms with Crippen LogP contribution in [0.15, 0.2) is 0 Å². The monoisotopic (exact) mass is 256 g/mol. The maximum absolute atomic E-state index is 9.68. The fourth-order valence-electron chi connectivity index (χ4n) is 2.76. The van der Waals surface area contributed by atoms with Gasteiger partial charge in [-0.1, -0.05) is 78.6 Å². The summed E-state index contributed by atoms with van der Waals surface area (Å²) in [5.41, 5.74) is 0.236. The van der Waals surface area contributed by atoms with Gasteiger partial charge in [-0.2, -0.15) is 0 Å². The van der Waals surface area contributed by atoms with Crippen LogP contribution in [0.2, 0.25) is 0 Å². The Hall–Kier alpha value is -0.0400. The second-order valence-corrected chi connectivity index (χ2v) is 5.99. The minimum Gasteiger partial charge on any atom is -0.396 e. The Balaban J connectivity index is 3.69. The summed E-state index contributed by atoms with van der Waals surface area (Å²) in [4.78, 5) is 0. The maximum atomic E-state index is 9.68. The van der Waals surface area contributed by atoms with Gasteiger partial charge < -0.3 is 5.11 Å². The highest BCUT2D eigenvalue weighted by molar-refractivity contribution is 4.77. The van der Waals surface area contributed by atoms with Crippen LogP contribution in [0.25, 0.3) is 0 Å². The van der Waals surface area contributed by atoms with E-state index in [1.807, 2.05) is 0 Å². The van der Waals surface area contributed by atoms with Gasteiger partial charge in [0.05, 0.1) is 0 Å². The van der Waals surface area contributed by atoms with Crippen LogP contribution >= 0.6 is 0 Å². The van der Waals surface area contributed by atoms with E-state index in [-0.39, 0.29) is 5.41 Å². The molecule has 0 aliphatic carbocycles. The summed E-state index contributed by atoms with van der Waals surface area (Å²) in [6, 6.07) is 0. The van der Waals surface area contributed by atoms with Crippen LogP contribution in [0.1, 0.15) is 97.8 Å². The fraction of sp³-hybridized carbons (Fsp3) is 1.00. The summed E-state index contributed by atoms with van der Waals surface area (Å²) in [6.07, 6.45) is 15.7. The molecule has 0 heterocycles. The summed E-state index contributed by atoms with van der Waals surface area (Å²) >= 11 is 0. The summed E-state index contributed by atoms with van der Waals surface area (Å²) in [6.45, 7) is 7.14. The van der Waals surface area contributed by atoms with Crippen molar-refractivity contribution in [3.05, 3.63) is 0 Å². The molecule has 0 amide bonds. The van der Waals surface area contributed by atoms with E-state index < -0.39 is 0 Å². The van der Waals surface area contributed by atoms with E-state index in [1.54, 1.807) is 0 Å². The van der Waals surface area contributed by atoms with Gasteiger partial charge in [-0.3, -0.25) is 0 Å². The van der Waals surface area contributed by atoms with Gasteiger partial charge in [0.2, 0.25) is 0 Å². The molecule has 0 bridgehead atoms. The Morgan fingerprint density at radius 1 is 0.667 bits per heavy atom. The first-order valence-corrected chi connectivity index (χ1v) is 8.35. The van der Waals surface area contributed by atoms with Crippen molar-refractivity contribution in [3.63, 3.8) is 0 Å². The lowest BCUT2D eigenvalue weighted by molar-refractivity contribution is 0.0944. The van der Waals surface area contributed by atoms with Gasteiger partial charge in [-0.25, -0.2) is 0 Å². The van der Waals surface area contributed by atoms with Crippen LogP contribution in [0.3, 0.4) is 0 Å². The lowest BCUT2D eigenvalue weighted by Gasteiger charge is -2.31. The van der Waals surface area contributed by atoms with E-state index in [4.69, 9.17) is 0 Å². The zero-order valence-corrected chi connectivity index (χ0v) is 13.1. The smallest absolute Gasteiger partial charge is 0.0487 e. The van der Waals surface area contributed by atoms with Crippen molar-refractivity contribution in [2.24, 2.45) is 5.41 Å². The van der Waals surface area contributed by atoms with Crippen molar-refractivity contribution in [1.82, 2.24) is 0 Å². The summed E-state index contributed by atoms with van der Waals surface area (Å²) in [7, 11) is 0. The minimum absolute atomic E-state index is 0.236. The first-order valence-electron chi connectivity index (χ1n) is 8.35. The molecule has 0 aliphatic rings. The second-order valence-electron chi connectivity index (χ2n) is 5.99. The lowest BCUT2D eigenvalue weighted by Crippen LogP contribution is -2.24. The van der Waals surface area contributed by atoms with Gasteiger partial charge in [-0.15, -0.1) is 0 Å². The van der Waals surface area contributed by atoms with E-state index >= 15 is 0 Å².